The van der Waals surface area contributed by atoms with Gasteiger partial charge in [-0.1, -0.05) is 59.8 Å². The number of carbonyl (C=O) groups is 1. The Morgan fingerprint density at radius 1 is 1.06 bits per heavy atom. The number of para-hydroxylation sites is 1. The summed E-state index contributed by atoms with van der Waals surface area (Å²) in [4.78, 5) is 15.4. The SMILES string of the molecule is Cc1ccc(CSc2nnc3c(n2)O[C@H](c2ccc(OCC(=O)O)cc2)Nc2ccccc2-3)cc1. The van der Waals surface area contributed by atoms with Gasteiger partial charge in [0.15, 0.2) is 18.5 Å². The first-order chi connectivity index (χ1) is 17.0. The third-order valence-electron chi connectivity index (χ3n) is 5.37. The number of rotatable bonds is 7. The number of ether oxygens (including phenoxy) is 2. The Balaban J connectivity index is 1.41. The molecule has 4 aromatic rings. The predicted molar refractivity (Wildman–Crippen MR) is 133 cm³/mol. The van der Waals surface area contributed by atoms with Gasteiger partial charge in [0.05, 0.1) is 0 Å². The molecule has 2 N–H and O–H groups in total. The van der Waals surface area contributed by atoms with E-state index >= 15 is 0 Å². The Hall–Kier alpha value is -4.11. The largest absolute Gasteiger partial charge is 0.482 e. The summed E-state index contributed by atoms with van der Waals surface area (Å²) in [6, 6.07) is 23.2. The summed E-state index contributed by atoms with van der Waals surface area (Å²) < 4.78 is 11.5. The van der Waals surface area contributed by atoms with E-state index in [2.05, 4.69) is 51.7 Å². The van der Waals surface area contributed by atoms with E-state index in [1.807, 2.05) is 36.4 Å². The van der Waals surface area contributed by atoms with Crippen molar-refractivity contribution in [3.63, 3.8) is 0 Å². The van der Waals surface area contributed by atoms with Gasteiger partial charge in [-0.3, -0.25) is 0 Å². The van der Waals surface area contributed by atoms with Gasteiger partial charge < -0.3 is 19.9 Å². The molecule has 9 heteroatoms. The number of anilines is 1. The zero-order chi connectivity index (χ0) is 24.2. The summed E-state index contributed by atoms with van der Waals surface area (Å²) in [7, 11) is 0. The monoisotopic (exact) mass is 486 g/mol. The fraction of sp³-hybridized carbons (Fsp3) is 0.154. The Bertz CT molecular complexity index is 1350. The van der Waals surface area contributed by atoms with Gasteiger partial charge in [0.1, 0.15) is 5.75 Å². The molecule has 0 radical (unpaired) electrons. The summed E-state index contributed by atoms with van der Waals surface area (Å²) >= 11 is 1.50. The molecule has 0 aliphatic carbocycles. The molecule has 8 nitrogen and oxygen atoms in total. The molecule has 35 heavy (non-hydrogen) atoms. The third kappa shape index (κ3) is 5.36. The number of benzene rings is 3. The second kappa shape index (κ2) is 10.0. The van der Waals surface area contributed by atoms with Crippen LogP contribution in [-0.2, 0) is 10.5 Å². The third-order valence-corrected chi connectivity index (χ3v) is 6.28. The number of aliphatic carboxylic acids is 1. The molecular formula is C26H22N4O4S. The van der Waals surface area contributed by atoms with Gasteiger partial charge in [-0.25, -0.2) is 4.79 Å². The molecule has 1 aromatic heterocycles. The van der Waals surface area contributed by atoms with E-state index in [9.17, 15) is 4.79 Å². The number of aryl methyl sites for hydroxylation is 1. The van der Waals surface area contributed by atoms with Crippen LogP contribution in [0.15, 0.2) is 78.0 Å². The van der Waals surface area contributed by atoms with E-state index in [1.165, 1.54) is 22.9 Å². The minimum Gasteiger partial charge on any atom is -0.482 e. The fourth-order valence-electron chi connectivity index (χ4n) is 3.58. The van der Waals surface area contributed by atoms with Crippen LogP contribution in [0, 0.1) is 6.92 Å². The molecule has 0 fully saturated rings. The molecule has 3 aromatic carbocycles. The summed E-state index contributed by atoms with van der Waals surface area (Å²) in [6.07, 6.45) is -0.544. The number of fused-ring (bicyclic) bond motifs is 3. The summed E-state index contributed by atoms with van der Waals surface area (Å²) in [5, 5.41) is 21.5. The maximum atomic E-state index is 10.8. The minimum absolute atomic E-state index is 0.389. The summed E-state index contributed by atoms with van der Waals surface area (Å²) in [5.74, 6) is 0.542. The quantitative estimate of drug-likeness (QED) is 0.345. The molecule has 5 rings (SSSR count). The molecule has 0 bridgehead atoms. The Labute approximate surface area is 206 Å². The number of carboxylic acid groups (broad SMARTS) is 1. The first-order valence-corrected chi connectivity index (χ1v) is 11.9. The lowest BCUT2D eigenvalue weighted by Gasteiger charge is -2.19. The van der Waals surface area contributed by atoms with E-state index in [4.69, 9.17) is 14.6 Å². The van der Waals surface area contributed by atoms with Gasteiger partial charge in [-0.05, 0) is 42.8 Å². The predicted octanol–water partition coefficient (Wildman–Crippen LogP) is 5.11. The highest BCUT2D eigenvalue weighted by Gasteiger charge is 2.26. The minimum atomic E-state index is -1.03. The van der Waals surface area contributed by atoms with Crippen molar-refractivity contribution in [2.45, 2.75) is 24.1 Å². The second-order valence-electron chi connectivity index (χ2n) is 7.96. The standard InChI is InChI=1S/C26H22N4O4S/c1-16-6-8-17(9-7-16)15-35-26-28-25-23(29-30-26)20-4-2-3-5-21(20)27-24(34-25)18-10-12-19(13-11-18)33-14-22(31)32/h2-13,24,27H,14-15H2,1H3,(H,31,32)/t24-/m1/s1. The normalized spacial score (nSPS) is 14.0. The first-order valence-electron chi connectivity index (χ1n) is 11.0. The van der Waals surface area contributed by atoms with Gasteiger partial charge in [0.2, 0.25) is 11.0 Å². The molecule has 0 spiro atoms. The van der Waals surface area contributed by atoms with Gasteiger partial charge >= 0.3 is 5.97 Å². The van der Waals surface area contributed by atoms with E-state index in [0.29, 0.717) is 22.5 Å². The van der Waals surface area contributed by atoms with Gasteiger partial charge in [-0.2, -0.15) is 4.98 Å². The van der Waals surface area contributed by atoms with Gasteiger partial charge in [-0.15, -0.1) is 10.2 Å². The number of thioether (sulfide) groups is 1. The van der Waals surface area contributed by atoms with E-state index in [0.717, 1.165) is 22.6 Å². The molecule has 2 heterocycles. The molecule has 1 aliphatic rings. The van der Waals surface area contributed by atoms with Crippen molar-refractivity contribution in [2.75, 3.05) is 11.9 Å². The molecule has 0 amide bonds. The van der Waals surface area contributed by atoms with Crippen LogP contribution in [0.1, 0.15) is 22.9 Å². The Morgan fingerprint density at radius 2 is 1.83 bits per heavy atom. The van der Waals surface area contributed by atoms with Gasteiger partial charge in [0, 0.05) is 22.6 Å². The zero-order valence-electron chi connectivity index (χ0n) is 18.8. The average molecular weight is 487 g/mol. The number of aromatic nitrogens is 3. The molecule has 176 valence electrons. The number of nitrogens with one attached hydrogen (secondary N) is 1. The average Bonchev–Trinajstić information content (AvgIpc) is 3.04. The van der Waals surface area contributed by atoms with Crippen molar-refractivity contribution in [2.24, 2.45) is 0 Å². The smallest absolute Gasteiger partial charge is 0.341 e. The molecular weight excluding hydrogens is 464 g/mol. The van der Waals surface area contributed by atoms with Crippen LogP contribution < -0.4 is 14.8 Å². The highest BCUT2D eigenvalue weighted by molar-refractivity contribution is 7.98. The number of carboxylic acids is 1. The molecule has 0 saturated carbocycles. The lowest BCUT2D eigenvalue weighted by atomic mass is 10.1. The van der Waals surface area contributed by atoms with Crippen molar-refractivity contribution in [3.05, 3.63) is 89.5 Å². The highest BCUT2D eigenvalue weighted by Crippen LogP contribution is 2.39. The van der Waals surface area contributed by atoms with Crippen molar-refractivity contribution < 1.29 is 19.4 Å². The van der Waals surface area contributed by atoms with Crippen molar-refractivity contribution in [1.82, 2.24) is 15.2 Å². The number of hydrogen-bond donors (Lipinski definition) is 2. The highest BCUT2D eigenvalue weighted by atomic mass is 32.2. The zero-order valence-corrected chi connectivity index (χ0v) is 19.7. The van der Waals surface area contributed by atoms with E-state index in [1.54, 1.807) is 12.1 Å². The van der Waals surface area contributed by atoms with Crippen LogP contribution in [0.3, 0.4) is 0 Å². The van der Waals surface area contributed by atoms with Crippen LogP contribution >= 0.6 is 11.8 Å². The van der Waals surface area contributed by atoms with E-state index in [-0.39, 0.29) is 0 Å². The summed E-state index contributed by atoms with van der Waals surface area (Å²) in [6.45, 7) is 1.66. The topological polar surface area (TPSA) is 106 Å². The van der Waals surface area contributed by atoms with Crippen LogP contribution in [0.5, 0.6) is 11.6 Å². The van der Waals surface area contributed by atoms with Crippen molar-refractivity contribution in [3.8, 4) is 22.9 Å². The number of nitrogens with zero attached hydrogens (tertiary/aromatic N) is 3. The molecule has 1 aliphatic heterocycles. The van der Waals surface area contributed by atoms with Crippen molar-refractivity contribution in [1.29, 1.82) is 0 Å². The van der Waals surface area contributed by atoms with Crippen LogP contribution in [0.25, 0.3) is 11.3 Å². The maximum absolute atomic E-state index is 10.8. The molecule has 0 saturated heterocycles. The summed E-state index contributed by atoms with van der Waals surface area (Å²) in [5.41, 5.74) is 5.48. The Kier molecular flexibility index (Phi) is 6.49. The fourth-order valence-corrected chi connectivity index (χ4v) is 4.31. The van der Waals surface area contributed by atoms with Crippen LogP contribution in [0.2, 0.25) is 0 Å². The maximum Gasteiger partial charge on any atom is 0.341 e. The molecule has 1 atom stereocenters. The number of hydrogen-bond acceptors (Lipinski definition) is 8. The lowest BCUT2D eigenvalue weighted by Crippen LogP contribution is -2.17. The Morgan fingerprint density at radius 3 is 2.60 bits per heavy atom. The first kappa shape index (κ1) is 22.7. The van der Waals surface area contributed by atoms with Gasteiger partial charge in [0.25, 0.3) is 0 Å². The second-order valence-corrected chi connectivity index (χ2v) is 8.90. The molecule has 0 unspecified atom stereocenters. The van der Waals surface area contributed by atoms with Crippen LogP contribution in [0.4, 0.5) is 5.69 Å². The van der Waals surface area contributed by atoms with Crippen LogP contribution in [-0.4, -0.2) is 32.9 Å². The lowest BCUT2D eigenvalue weighted by molar-refractivity contribution is -0.139. The van der Waals surface area contributed by atoms with E-state index < -0.39 is 18.8 Å². The van der Waals surface area contributed by atoms with Crippen molar-refractivity contribution >= 4 is 23.4 Å².